The van der Waals surface area contributed by atoms with E-state index in [0.717, 1.165) is 5.56 Å². The van der Waals surface area contributed by atoms with Gasteiger partial charge in [-0.05, 0) is 36.2 Å². The van der Waals surface area contributed by atoms with Crippen LogP contribution in [-0.2, 0) is 13.1 Å². The molecule has 2 rings (SSSR count). The van der Waals surface area contributed by atoms with Gasteiger partial charge in [-0.15, -0.1) is 0 Å². The van der Waals surface area contributed by atoms with Crippen LogP contribution >= 0.6 is 0 Å². The van der Waals surface area contributed by atoms with Crippen molar-refractivity contribution < 1.29 is 22.6 Å². The molecule has 8 heteroatoms. The number of hydrogen-bond acceptors (Lipinski definition) is 3. The predicted octanol–water partition coefficient (Wildman–Crippen LogP) is 3.61. The van der Waals surface area contributed by atoms with E-state index in [0.29, 0.717) is 29.4 Å². The standard InChI is InChI=1S/C19H22F3N3O2/c1-12-4-5-13(8-16(12)20)10-24-19(23-2)25-11-14-6-7-15(26-3)9-17(14)27-18(21)22/h4-9,18H,10-11H2,1-3H3,(H2,23,24,25). The van der Waals surface area contributed by atoms with Crippen molar-refractivity contribution >= 4 is 5.96 Å². The van der Waals surface area contributed by atoms with Crippen LogP contribution < -0.4 is 20.1 Å². The highest BCUT2D eigenvalue weighted by atomic mass is 19.3. The van der Waals surface area contributed by atoms with Gasteiger partial charge in [0.15, 0.2) is 5.96 Å². The minimum Gasteiger partial charge on any atom is -0.497 e. The van der Waals surface area contributed by atoms with Crippen LogP contribution in [0.4, 0.5) is 13.2 Å². The van der Waals surface area contributed by atoms with E-state index in [1.807, 2.05) is 6.07 Å². The first-order valence-corrected chi connectivity index (χ1v) is 8.24. The Balaban J connectivity index is 1.99. The molecule has 0 aliphatic carbocycles. The van der Waals surface area contributed by atoms with Crippen molar-refractivity contribution in [2.24, 2.45) is 4.99 Å². The predicted molar refractivity (Wildman–Crippen MR) is 97.8 cm³/mol. The van der Waals surface area contributed by atoms with Gasteiger partial charge < -0.3 is 20.1 Å². The summed E-state index contributed by atoms with van der Waals surface area (Å²) in [6.45, 7) is -0.681. The number of ether oxygens (including phenoxy) is 2. The van der Waals surface area contributed by atoms with E-state index in [-0.39, 0.29) is 18.1 Å². The van der Waals surface area contributed by atoms with Crippen LogP contribution in [0, 0.1) is 12.7 Å². The van der Waals surface area contributed by atoms with E-state index in [2.05, 4.69) is 20.4 Å². The first-order valence-electron chi connectivity index (χ1n) is 8.24. The molecule has 5 nitrogen and oxygen atoms in total. The van der Waals surface area contributed by atoms with Crippen molar-refractivity contribution in [3.8, 4) is 11.5 Å². The molecule has 0 spiro atoms. The minimum absolute atomic E-state index is 0.0212. The fourth-order valence-corrected chi connectivity index (χ4v) is 2.35. The van der Waals surface area contributed by atoms with Crippen molar-refractivity contribution in [1.82, 2.24) is 10.6 Å². The fraction of sp³-hybridized carbons (Fsp3) is 0.316. The normalized spacial score (nSPS) is 11.4. The lowest BCUT2D eigenvalue weighted by Gasteiger charge is -2.15. The number of hydrogen-bond donors (Lipinski definition) is 2. The molecule has 0 amide bonds. The lowest BCUT2D eigenvalue weighted by atomic mass is 10.1. The number of methoxy groups -OCH3 is 1. The van der Waals surface area contributed by atoms with E-state index in [1.54, 1.807) is 32.2 Å². The molecule has 0 fully saturated rings. The first-order chi connectivity index (χ1) is 12.9. The quantitative estimate of drug-likeness (QED) is 0.568. The third-order valence-corrected chi connectivity index (χ3v) is 3.86. The van der Waals surface area contributed by atoms with E-state index >= 15 is 0 Å². The lowest BCUT2D eigenvalue weighted by molar-refractivity contribution is -0.0505. The summed E-state index contributed by atoms with van der Waals surface area (Å²) in [6, 6.07) is 9.65. The molecule has 0 atom stereocenters. The molecule has 0 heterocycles. The highest BCUT2D eigenvalue weighted by Gasteiger charge is 2.12. The third kappa shape index (κ3) is 6.09. The maximum atomic E-state index is 13.6. The Bertz CT molecular complexity index is 798. The number of aliphatic imine (C=N–C) groups is 1. The summed E-state index contributed by atoms with van der Waals surface area (Å²) < 4.78 is 48.4. The summed E-state index contributed by atoms with van der Waals surface area (Å²) in [4.78, 5) is 4.07. The highest BCUT2D eigenvalue weighted by Crippen LogP contribution is 2.26. The maximum absolute atomic E-state index is 13.6. The van der Waals surface area contributed by atoms with Crippen LogP contribution in [0.25, 0.3) is 0 Å². The van der Waals surface area contributed by atoms with Gasteiger partial charge in [0.05, 0.1) is 7.11 Å². The Morgan fingerprint density at radius 2 is 1.85 bits per heavy atom. The minimum atomic E-state index is -2.94. The first kappa shape index (κ1) is 20.4. The van der Waals surface area contributed by atoms with Crippen LogP contribution in [0.3, 0.4) is 0 Å². The number of halogens is 3. The number of nitrogens with zero attached hydrogens (tertiary/aromatic N) is 1. The molecule has 146 valence electrons. The average Bonchev–Trinajstić information content (AvgIpc) is 2.65. The zero-order valence-electron chi connectivity index (χ0n) is 15.4. The van der Waals surface area contributed by atoms with Gasteiger partial charge in [-0.3, -0.25) is 4.99 Å². The van der Waals surface area contributed by atoms with Gasteiger partial charge in [-0.1, -0.05) is 12.1 Å². The van der Waals surface area contributed by atoms with Gasteiger partial charge >= 0.3 is 6.61 Å². The smallest absolute Gasteiger partial charge is 0.387 e. The topological polar surface area (TPSA) is 54.9 Å². The lowest BCUT2D eigenvalue weighted by Crippen LogP contribution is -2.36. The molecule has 27 heavy (non-hydrogen) atoms. The van der Waals surface area contributed by atoms with E-state index < -0.39 is 6.61 Å². The number of benzene rings is 2. The molecule has 0 aliphatic heterocycles. The molecule has 0 radical (unpaired) electrons. The van der Waals surface area contributed by atoms with Crippen molar-refractivity contribution in [3.05, 3.63) is 58.9 Å². The third-order valence-electron chi connectivity index (χ3n) is 3.86. The number of aryl methyl sites for hydroxylation is 1. The van der Waals surface area contributed by atoms with E-state index in [1.165, 1.54) is 19.2 Å². The van der Waals surface area contributed by atoms with Gasteiger partial charge in [-0.2, -0.15) is 8.78 Å². The summed E-state index contributed by atoms with van der Waals surface area (Å²) in [5.41, 5.74) is 1.85. The molecule has 0 saturated heterocycles. The van der Waals surface area contributed by atoms with Crippen molar-refractivity contribution in [1.29, 1.82) is 0 Å². The van der Waals surface area contributed by atoms with Gasteiger partial charge in [0.1, 0.15) is 17.3 Å². The van der Waals surface area contributed by atoms with Gasteiger partial charge in [0, 0.05) is 31.8 Å². The van der Waals surface area contributed by atoms with Crippen LogP contribution in [0.1, 0.15) is 16.7 Å². The number of guanidine groups is 1. The fourth-order valence-electron chi connectivity index (χ4n) is 2.35. The van der Waals surface area contributed by atoms with E-state index in [4.69, 9.17) is 4.74 Å². The maximum Gasteiger partial charge on any atom is 0.387 e. The van der Waals surface area contributed by atoms with Gasteiger partial charge in [-0.25, -0.2) is 4.39 Å². The van der Waals surface area contributed by atoms with Crippen molar-refractivity contribution in [2.75, 3.05) is 14.2 Å². The number of rotatable bonds is 7. The second kappa shape index (κ2) is 9.70. The highest BCUT2D eigenvalue weighted by molar-refractivity contribution is 5.79. The van der Waals surface area contributed by atoms with Gasteiger partial charge in [0.2, 0.25) is 0 Å². The second-order valence-electron chi connectivity index (χ2n) is 5.72. The summed E-state index contributed by atoms with van der Waals surface area (Å²) in [7, 11) is 3.02. The Labute approximate surface area is 156 Å². The Hall–Kier alpha value is -2.90. The summed E-state index contributed by atoms with van der Waals surface area (Å²) in [5, 5.41) is 6.06. The van der Waals surface area contributed by atoms with Crippen LogP contribution in [0.5, 0.6) is 11.5 Å². The van der Waals surface area contributed by atoms with Crippen molar-refractivity contribution in [3.63, 3.8) is 0 Å². The molecule has 0 aliphatic rings. The molecule has 0 aromatic heterocycles. The molecule has 0 saturated carbocycles. The number of nitrogens with one attached hydrogen (secondary N) is 2. The zero-order chi connectivity index (χ0) is 19.8. The van der Waals surface area contributed by atoms with Crippen LogP contribution in [-0.4, -0.2) is 26.7 Å². The molecule has 0 unspecified atom stereocenters. The Kier molecular flexibility index (Phi) is 7.34. The Morgan fingerprint density at radius 3 is 2.48 bits per heavy atom. The Morgan fingerprint density at radius 1 is 1.11 bits per heavy atom. The molecule has 0 bridgehead atoms. The molecule has 2 aromatic carbocycles. The average molecular weight is 381 g/mol. The SMILES string of the molecule is CN=C(NCc1ccc(C)c(F)c1)NCc1ccc(OC)cc1OC(F)F. The molecule has 2 N–H and O–H groups in total. The zero-order valence-corrected chi connectivity index (χ0v) is 15.4. The van der Waals surface area contributed by atoms with E-state index in [9.17, 15) is 13.2 Å². The van der Waals surface area contributed by atoms with Crippen LogP contribution in [0.15, 0.2) is 41.4 Å². The largest absolute Gasteiger partial charge is 0.497 e. The summed E-state index contributed by atoms with van der Waals surface area (Å²) >= 11 is 0. The second-order valence-corrected chi connectivity index (χ2v) is 5.72. The summed E-state index contributed by atoms with van der Waals surface area (Å²) in [6.07, 6.45) is 0. The van der Waals surface area contributed by atoms with Gasteiger partial charge in [0.25, 0.3) is 0 Å². The number of alkyl halides is 2. The molecular weight excluding hydrogens is 359 g/mol. The summed E-state index contributed by atoms with van der Waals surface area (Å²) in [5.74, 6) is 0.602. The molecular formula is C19H22F3N3O2. The van der Waals surface area contributed by atoms with Crippen LogP contribution in [0.2, 0.25) is 0 Å². The molecule has 2 aromatic rings. The van der Waals surface area contributed by atoms with Crippen molar-refractivity contribution in [2.45, 2.75) is 26.6 Å². The monoisotopic (exact) mass is 381 g/mol.